The Kier molecular flexibility index (Phi) is 4.53. The molecule has 1 aliphatic heterocycles. The quantitative estimate of drug-likeness (QED) is 0.586. The summed E-state index contributed by atoms with van der Waals surface area (Å²) in [6.07, 6.45) is 3.36. The fourth-order valence-corrected chi connectivity index (χ4v) is 5.11. The fourth-order valence-electron chi connectivity index (χ4n) is 3.86. The van der Waals surface area contributed by atoms with Crippen LogP contribution >= 0.6 is 22.9 Å². The Morgan fingerprint density at radius 2 is 1.85 bits per heavy atom. The van der Waals surface area contributed by atoms with E-state index in [0.29, 0.717) is 17.1 Å². The summed E-state index contributed by atoms with van der Waals surface area (Å²) >= 11 is 7.53. The number of hydrogen-bond donors (Lipinski definition) is 0. The first kappa shape index (κ1) is 17.6. The molecule has 0 spiro atoms. The van der Waals surface area contributed by atoms with Crippen LogP contribution in [0.1, 0.15) is 48.5 Å². The third-order valence-corrected chi connectivity index (χ3v) is 6.61. The molecule has 3 aromatic rings. The summed E-state index contributed by atoms with van der Waals surface area (Å²) < 4.78 is 1.91. The molecular formula is C20H22ClN3OS. The van der Waals surface area contributed by atoms with Gasteiger partial charge in [0, 0.05) is 22.5 Å². The zero-order valence-corrected chi connectivity index (χ0v) is 16.8. The maximum Gasteiger partial charge on any atom is 0.264 e. The standard InChI is InChI=1S/C20H22ClN3OS/c1-12-5-4-6-13(2)23(12)19(25)18-11-17-14(3)22-24(20(17)26-18)16-9-7-15(21)8-10-16/h7-13H,4-6H2,1-3H3/t12-,13-/m1/s1. The van der Waals surface area contributed by atoms with E-state index in [1.165, 1.54) is 17.8 Å². The first-order valence-corrected chi connectivity index (χ1v) is 10.2. The summed E-state index contributed by atoms with van der Waals surface area (Å²) in [4.78, 5) is 17.0. The molecule has 136 valence electrons. The lowest BCUT2D eigenvalue weighted by molar-refractivity contribution is 0.0516. The Morgan fingerprint density at radius 1 is 1.19 bits per heavy atom. The van der Waals surface area contributed by atoms with E-state index in [1.807, 2.05) is 41.9 Å². The van der Waals surface area contributed by atoms with Gasteiger partial charge in [0.1, 0.15) is 4.83 Å². The minimum Gasteiger partial charge on any atom is -0.333 e. The van der Waals surface area contributed by atoms with E-state index in [0.717, 1.165) is 39.3 Å². The topological polar surface area (TPSA) is 38.1 Å². The van der Waals surface area contributed by atoms with Crippen LogP contribution in [0, 0.1) is 6.92 Å². The summed E-state index contributed by atoms with van der Waals surface area (Å²) in [5.74, 6) is 0.146. The van der Waals surface area contributed by atoms with Crippen LogP contribution in [0.5, 0.6) is 0 Å². The SMILES string of the molecule is Cc1nn(-c2ccc(Cl)cc2)c2sc(C(=O)N3[C@H](C)CCC[C@H]3C)cc12. The van der Waals surface area contributed by atoms with Crippen molar-refractivity contribution in [3.8, 4) is 5.69 Å². The third-order valence-electron chi connectivity index (χ3n) is 5.25. The van der Waals surface area contributed by atoms with E-state index in [-0.39, 0.29) is 5.91 Å². The number of aryl methyl sites for hydroxylation is 1. The van der Waals surface area contributed by atoms with Gasteiger partial charge in [-0.2, -0.15) is 5.10 Å². The highest BCUT2D eigenvalue weighted by Crippen LogP contribution is 2.33. The molecule has 1 fully saturated rings. The molecule has 0 unspecified atom stereocenters. The molecule has 4 nitrogen and oxygen atoms in total. The van der Waals surface area contributed by atoms with Gasteiger partial charge < -0.3 is 4.90 Å². The number of nitrogens with zero attached hydrogens (tertiary/aromatic N) is 3. The van der Waals surface area contributed by atoms with Crippen LogP contribution in [-0.2, 0) is 0 Å². The lowest BCUT2D eigenvalue weighted by Gasteiger charge is -2.38. The number of thiophene rings is 1. The van der Waals surface area contributed by atoms with Crippen LogP contribution < -0.4 is 0 Å². The van der Waals surface area contributed by atoms with Crippen molar-refractivity contribution >= 4 is 39.1 Å². The summed E-state index contributed by atoms with van der Waals surface area (Å²) in [6, 6.07) is 10.2. The molecule has 3 heterocycles. The van der Waals surface area contributed by atoms with E-state index in [1.54, 1.807) is 0 Å². The smallest absolute Gasteiger partial charge is 0.264 e. The molecule has 0 saturated carbocycles. The average molecular weight is 388 g/mol. The normalized spacial score (nSPS) is 20.7. The number of piperidine rings is 1. The van der Waals surface area contributed by atoms with E-state index in [4.69, 9.17) is 11.6 Å². The van der Waals surface area contributed by atoms with Gasteiger partial charge in [-0.3, -0.25) is 4.79 Å². The maximum atomic E-state index is 13.2. The minimum absolute atomic E-state index is 0.146. The van der Waals surface area contributed by atoms with Crippen LogP contribution in [0.4, 0.5) is 0 Å². The highest BCUT2D eigenvalue weighted by Gasteiger charge is 2.31. The monoisotopic (exact) mass is 387 g/mol. The number of aromatic nitrogens is 2. The molecule has 26 heavy (non-hydrogen) atoms. The summed E-state index contributed by atoms with van der Waals surface area (Å²) in [7, 11) is 0. The van der Waals surface area contributed by atoms with Crippen LogP contribution in [0.2, 0.25) is 5.02 Å². The number of benzene rings is 1. The van der Waals surface area contributed by atoms with Gasteiger partial charge in [-0.05, 0) is 70.4 Å². The number of amides is 1. The van der Waals surface area contributed by atoms with E-state index in [9.17, 15) is 4.79 Å². The second kappa shape index (κ2) is 6.71. The second-order valence-electron chi connectivity index (χ2n) is 7.14. The first-order chi connectivity index (χ1) is 12.5. The lowest BCUT2D eigenvalue weighted by atomic mass is 9.97. The molecule has 0 bridgehead atoms. The first-order valence-electron chi connectivity index (χ1n) is 9.03. The molecule has 1 saturated heterocycles. The van der Waals surface area contributed by atoms with Crippen LogP contribution in [-0.4, -0.2) is 32.7 Å². The third kappa shape index (κ3) is 2.93. The molecule has 2 aromatic heterocycles. The fraction of sp³-hybridized carbons (Fsp3) is 0.400. The van der Waals surface area contributed by atoms with Crippen LogP contribution in [0.15, 0.2) is 30.3 Å². The van der Waals surface area contributed by atoms with Crippen molar-refractivity contribution in [2.45, 2.75) is 52.1 Å². The molecule has 1 amide bonds. The predicted octanol–water partition coefficient (Wildman–Crippen LogP) is 5.45. The van der Waals surface area contributed by atoms with Gasteiger partial charge in [-0.15, -0.1) is 11.3 Å². The molecule has 1 aliphatic rings. The van der Waals surface area contributed by atoms with Gasteiger partial charge in [0.25, 0.3) is 5.91 Å². The number of carbonyl (C=O) groups is 1. The van der Waals surface area contributed by atoms with Crippen molar-refractivity contribution in [2.75, 3.05) is 0 Å². The van der Waals surface area contributed by atoms with Crippen molar-refractivity contribution in [1.29, 1.82) is 0 Å². The summed E-state index contributed by atoms with van der Waals surface area (Å²) in [6.45, 7) is 6.30. The van der Waals surface area contributed by atoms with Crippen molar-refractivity contribution in [3.05, 3.63) is 45.9 Å². The Balaban J connectivity index is 1.75. The van der Waals surface area contributed by atoms with Crippen LogP contribution in [0.25, 0.3) is 15.9 Å². The van der Waals surface area contributed by atoms with E-state index in [2.05, 4.69) is 23.8 Å². The molecule has 6 heteroatoms. The number of carbonyl (C=O) groups excluding carboxylic acids is 1. The zero-order chi connectivity index (χ0) is 18.4. The van der Waals surface area contributed by atoms with Gasteiger partial charge in [0.2, 0.25) is 0 Å². The maximum absolute atomic E-state index is 13.2. The highest BCUT2D eigenvalue weighted by atomic mass is 35.5. The molecule has 0 N–H and O–H groups in total. The molecule has 4 rings (SSSR count). The minimum atomic E-state index is 0.146. The van der Waals surface area contributed by atoms with Gasteiger partial charge in [-0.1, -0.05) is 11.6 Å². The summed E-state index contributed by atoms with van der Waals surface area (Å²) in [5, 5.41) is 6.40. The van der Waals surface area contributed by atoms with Gasteiger partial charge in [0.15, 0.2) is 0 Å². The molecule has 0 aliphatic carbocycles. The molecule has 0 radical (unpaired) electrons. The number of fused-ring (bicyclic) bond motifs is 1. The van der Waals surface area contributed by atoms with Gasteiger partial charge in [-0.25, -0.2) is 4.68 Å². The number of hydrogen-bond acceptors (Lipinski definition) is 3. The zero-order valence-electron chi connectivity index (χ0n) is 15.2. The molecule has 1 aromatic carbocycles. The number of rotatable bonds is 2. The summed E-state index contributed by atoms with van der Waals surface area (Å²) in [5.41, 5.74) is 1.89. The Hall–Kier alpha value is -1.85. The number of likely N-dealkylation sites (tertiary alicyclic amines) is 1. The molecular weight excluding hydrogens is 366 g/mol. The number of halogens is 1. The molecule has 2 atom stereocenters. The lowest BCUT2D eigenvalue weighted by Crippen LogP contribution is -2.47. The van der Waals surface area contributed by atoms with Crippen molar-refractivity contribution in [3.63, 3.8) is 0 Å². The van der Waals surface area contributed by atoms with E-state index >= 15 is 0 Å². The second-order valence-corrected chi connectivity index (χ2v) is 8.61. The predicted molar refractivity (Wildman–Crippen MR) is 108 cm³/mol. The Morgan fingerprint density at radius 3 is 2.50 bits per heavy atom. The van der Waals surface area contributed by atoms with Crippen molar-refractivity contribution in [2.24, 2.45) is 0 Å². The Labute approximate surface area is 162 Å². The van der Waals surface area contributed by atoms with Gasteiger partial charge >= 0.3 is 0 Å². The average Bonchev–Trinajstić information content (AvgIpc) is 3.16. The Bertz CT molecular complexity index is 950. The van der Waals surface area contributed by atoms with Gasteiger partial charge in [0.05, 0.1) is 16.3 Å². The van der Waals surface area contributed by atoms with Crippen molar-refractivity contribution in [1.82, 2.24) is 14.7 Å². The van der Waals surface area contributed by atoms with Crippen molar-refractivity contribution < 1.29 is 4.79 Å². The largest absolute Gasteiger partial charge is 0.333 e. The highest BCUT2D eigenvalue weighted by molar-refractivity contribution is 7.20. The van der Waals surface area contributed by atoms with E-state index < -0.39 is 0 Å². The van der Waals surface area contributed by atoms with Crippen LogP contribution in [0.3, 0.4) is 0 Å².